The number of amides is 1. The van der Waals surface area contributed by atoms with Gasteiger partial charge in [0, 0.05) is 26.2 Å². The van der Waals surface area contributed by atoms with Crippen LogP contribution in [-0.2, 0) is 4.79 Å². The molecule has 176 valence electrons. The van der Waals surface area contributed by atoms with E-state index in [1.165, 1.54) is 136 Å². The molecule has 1 N–H and O–H groups in total. The fourth-order valence-electron chi connectivity index (χ4n) is 5.23. The lowest BCUT2D eigenvalue weighted by molar-refractivity contribution is -0.933. The van der Waals surface area contributed by atoms with Gasteiger partial charge in [0.1, 0.15) is 0 Å². The lowest BCUT2D eigenvalue weighted by Crippen LogP contribution is -2.69. The van der Waals surface area contributed by atoms with Gasteiger partial charge in [-0.25, -0.2) is 0 Å². The Labute approximate surface area is 187 Å². The molecule has 0 atom stereocenters. The molecular weight excluding hydrogens is 370 g/mol. The number of piperazine rings is 3. The summed E-state index contributed by atoms with van der Waals surface area (Å²) in [7, 11) is 0. The smallest absolute Gasteiger partial charge is 0.275 e. The topological polar surface area (TPSA) is 32.3 Å². The van der Waals surface area contributed by atoms with E-state index in [2.05, 4.69) is 17.1 Å². The van der Waals surface area contributed by atoms with Gasteiger partial charge in [0.25, 0.3) is 5.91 Å². The van der Waals surface area contributed by atoms with Crippen molar-refractivity contribution in [3.63, 3.8) is 0 Å². The largest absolute Gasteiger partial charge is 0.351 e. The summed E-state index contributed by atoms with van der Waals surface area (Å²) in [6, 6.07) is 0. The first kappa shape index (κ1) is 25.6. The van der Waals surface area contributed by atoms with Gasteiger partial charge in [-0.1, -0.05) is 103 Å². The first-order chi connectivity index (χ1) is 14.7. The number of hydrogen-bond donors (Lipinski definition) is 1. The quantitative estimate of drug-likeness (QED) is 0.220. The average Bonchev–Trinajstić information content (AvgIpc) is 2.77. The van der Waals surface area contributed by atoms with E-state index in [4.69, 9.17) is 0 Å². The number of quaternary nitrogens is 1. The van der Waals surface area contributed by atoms with E-state index >= 15 is 0 Å². The Balaban J connectivity index is 1.28. The van der Waals surface area contributed by atoms with Crippen molar-refractivity contribution in [3.8, 4) is 0 Å². The van der Waals surface area contributed by atoms with E-state index in [1.54, 1.807) is 0 Å². The molecule has 4 nitrogen and oxygen atoms in total. The maximum absolute atomic E-state index is 12.3. The molecule has 3 fully saturated rings. The zero-order valence-corrected chi connectivity index (χ0v) is 20.3. The standard InChI is InChI=1S/C26H51N3O/c1-2-3-4-5-6-7-8-9-10-11-12-13-14-15-16-17-18-27-26(30)25-29-22-19-28(20-23-29)21-24-29/h2-25H2,1H3/p+1. The maximum atomic E-state index is 12.3. The van der Waals surface area contributed by atoms with Crippen LogP contribution in [0.1, 0.15) is 110 Å². The van der Waals surface area contributed by atoms with E-state index < -0.39 is 0 Å². The van der Waals surface area contributed by atoms with Crippen molar-refractivity contribution in [3.05, 3.63) is 0 Å². The summed E-state index contributed by atoms with van der Waals surface area (Å²) < 4.78 is 1.04. The maximum Gasteiger partial charge on any atom is 0.275 e. The van der Waals surface area contributed by atoms with Gasteiger partial charge in [0.2, 0.25) is 0 Å². The van der Waals surface area contributed by atoms with Crippen LogP contribution in [0.3, 0.4) is 0 Å². The molecule has 1 amide bonds. The molecule has 3 heterocycles. The Hall–Kier alpha value is -0.610. The number of unbranched alkanes of at least 4 members (excludes halogenated alkanes) is 15. The Kier molecular flexibility index (Phi) is 13.8. The molecule has 0 aromatic rings. The molecular formula is C26H52N3O+. The van der Waals surface area contributed by atoms with Gasteiger partial charge in [-0.3, -0.25) is 9.69 Å². The van der Waals surface area contributed by atoms with Crippen molar-refractivity contribution in [2.75, 3.05) is 52.4 Å². The molecule has 0 radical (unpaired) electrons. The van der Waals surface area contributed by atoms with Gasteiger partial charge >= 0.3 is 0 Å². The normalized spacial score (nSPS) is 23.0. The highest BCUT2D eigenvalue weighted by Crippen LogP contribution is 2.19. The van der Waals surface area contributed by atoms with E-state index in [9.17, 15) is 4.79 Å². The third kappa shape index (κ3) is 11.1. The van der Waals surface area contributed by atoms with Crippen molar-refractivity contribution in [1.29, 1.82) is 0 Å². The molecule has 2 bridgehead atoms. The Morgan fingerprint density at radius 2 is 1.07 bits per heavy atom. The summed E-state index contributed by atoms with van der Waals surface area (Å²) in [5.41, 5.74) is 0. The van der Waals surface area contributed by atoms with Crippen LogP contribution in [0.25, 0.3) is 0 Å². The van der Waals surface area contributed by atoms with Crippen molar-refractivity contribution in [2.24, 2.45) is 0 Å². The van der Waals surface area contributed by atoms with Crippen molar-refractivity contribution >= 4 is 5.91 Å². The number of nitrogens with one attached hydrogen (secondary N) is 1. The molecule has 0 unspecified atom stereocenters. The predicted molar refractivity (Wildman–Crippen MR) is 129 cm³/mol. The highest BCUT2D eigenvalue weighted by atomic mass is 16.2. The average molecular weight is 423 g/mol. The molecule has 0 spiro atoms. The first-order valence-electron chi connectivity index (χ1n) is 13.6. The Bertz CT molecular complexity index is 418. The minimum absolute atomic E-state index is 0.284. The second-order valence-corrected chi connectivity index (χ2v) is 10.2. The molecule has 0 aromatic heterocycles. The van der Waals surface area contributed by atoms with Gasteiger partial charge in [-0.2, -0.15) is 0 Å². The van der Waals surface area contributed by atoms with Crippen molar-refractivity contribution in [1.82, 2.24) is 10.2 Å². The fourth-order valence-corrected chi connectivity index (χ4v) is 5.23. The van der Waals surface area contributed by atoms with E-state index in [0.717, 1.165) is 17.4 Å². The molecule has 3 saturated heterocycles. The number of fused-ring (bicyclic) bond motifs is 3. The molecule has 3 aliphatic heterocycles. The number of nitrogens with zero attached hydrogens (tertiary/aromatic N) is 2. The summed E-state index contributed by atoms with van der Waals surface area (Å²) in [4.78, 5) is 14.8. The minimum Gasteiger partial charge on any atom is -0.351 e. The lowest BCUT2D eigenvalue weighted by atomic mass is 10.0. The predicted octanol–water partition coefficient (Wildman–Crippen LogP) is 5.51. The molecule has 0 aliphatic carbocycles. The molecule has 3 rings (SSSR count). The monoisotopic (exact) mass is 422 g/mol. The van der Waals surface area contributed by atoms with Gasteiger partial charge in [-0.05, 0) is 6.42 Å². The highest BCUT2D eigenvalue weighted by molar-refractivity contribution is 5.77. The number of carbonyl (C=O) groups excluding carboxylic acids is 1. The SMILES string of the molecule is CCCCCCCCCCCCCCCCCCNC(=O)C[N+]12CCN(CC1)CC2. The second-order valence-electron chi connectivity index (χ2n) is 10.2. The van der Waals surface area contributed by atoms with E-state index in [-0.39, 0.29) is 5.91 Å². The van der Waals surface area contributed by atoms with Gasteiger partial charge in [-0.15, -0.1) is 0 Å². The van der Waals surface area contributed by atoms with Gasteiger partial charge in [0.15, 0.2) is 6.54 Å². The molecule has 3 aliphatic rings. The van der Waals surface area contributed by atoms with Crippen molar-refractivity contribution in [2.45, 2.75) is 110 Å². The van der Waals surface area contributed by atoms with Crippen molar-refractivity contribution < 1.29 is 9.28 Å². The number of carbonyl (C=O) groups is 1. The third-order valence-corrected chi connectivity index (χ3v) is 7.50. The lowest BCUT2D eigenvalue weighted by Gasteiger charge is -2.50. The van der Waals surface area contributed by atoms with Crippen LogP contribution in [-0.4, -0.2) is 67.6 Å². The molecule has 0 saturated carbocycles. The molecule has 4 heteroatoms. The molecule has 30 heavy (non-hydrogen) atoms. The third-order valence-electron chi connectivity index (χ3n) is 7.50. The fraction of sp³-hybridized carbons (Fsp3) is 0.962. The van der Waals surface area contributed by atoms with Gasteiger partial charge in [0.05, 0.1) is 19.6 Å². The second kappa shape index (κ2) is 16.1. The van der Waals surface area contributed by atoms with Crippen LogP contribution in [0, 0.1) is 0 Å². The van der Waals surface area contributed by atoms with Crippen LogP contribution >= 0.6 is 0 Å². The highest BCUT2D eigenvalue weighted by Gasteiger charge is 2.39. The number of hydrogen-bond acceptors (Lipinski definition) is 2. The van der Waals surface area contributed by atoms with E-state index in [1.807, 2.05) is 0 Å². The van der Waals surface area contributed by atoms with Crippen LogP contribution in [0.4, 0.5) is 0 Å². The zero-order valence-electron chi connectivity index (χ0n) is 20.3. The van der Waals surface area contributed by atoms with Crippen LogP contribution in [0.5, 0.6) is 0 Å². The van der Waals surface area contributed by atoms with E-state index in [0.29, 0.717) is 6.54 Å². The summed E-state index contributed by atoms with van der Waals surface area (Å²) in [6.45, 7) is 11.0. The summed E-state index contributed by atoms with van der Waals surface area (Å²) >= 11 is 0. The van der Waals surface area contributed by atoms with Crippen LogP contribution in [0.2, 0.25) is 0 Å². The summed E-state index contributed by atoms with van der Waals surface area (Å²) in [6.07, 6.45) is 22.3. The van der Waals surface area contributed by atoms with Crippen LogP contribution < -0.4 is 5.32 Å². The van der Waals surface area contributed by atoms with Gasteiger partial charge < -0.3 is 9.80 Å². The number of rotatable bonds is 19. The summed E-state index contributed by atoms with van der Waals surface area (Å²) in [5.74, 6) is 0.284. The summed E-state index contributed by atoms with van der Waals surface area (Å²) in [5, 5.41) is 3.19. The first-order valence-corrected chi connectivity index (χ1v) is 13.6. The molecule has 0 aromatic carbocycles. The minimum atomic E-state index is 0.284. The van der Waals surface area contributed by atoms with Crippen LogP contribution in [0.15, 0.2) is 0 Å². The Morgan fingerprint density at radius 1 is 0.667 bits per heavy atom. The Morgan fingerprint density at radius 3 is 1.50 bits per heavy atom. The zero-order chi connectivity index (χ0) is 21.3.